The third-order valence-corrected chi connectivity index (χ3v) is 5.10. The van der Waals surface area contributed by atoms with E-state index in [0.717, 1.165) is 29.6 Å². The molecule has 5 nitrogen and oxygen atoms in total. The lowest BCUT2D eigenvalue weighted by molar-refractivity contribution is -0.131. The normalized spacial score (nSPS) is 19.0. The summed E-state index contributed by atoms with van der Waals surface area (Å²) in [7, 11) is 0. The van der Waals surface area contributed by atoms with Crippen molar-refractivity contribution < 1.29 is 9.59 Å². The first-order valence-electron chi connectivity index (χ1n) is 7.33. The highest BCUT2D eigenvalue weighted by Crippen LogP contribution is 2.21. The van der Waals surface area contributed by atoms with Crippen LogP contribution in [0.3, 0.4) is 0 Å². The standard InChI is InChI=1S/C15H18ClN3O2S/c16-12-2-1-3-13(10-12)17-4-6-18(7-5-17)14(20)11-19-8-9-22-15(19)21/h1-3,10H,4-9,11H2. The van der Waals surface area contributed by atoms with E-state index in [1.54, 1.807) is 4.90 Å². The number of carbonyl (C=O) groups is 2. The number of halogens is 1. The van der Waals surface area contributed by atoms with Crippen molar-refractivity contribution in [2.24, 2.45) is 0 Å². The Kier molecular flexibility index (Phi) is 4.78. The molecule has 1 aromatic rings. The van der Waals surface area contributed by atoms with Crippen LogP contribution in [0.25, 0.3) is 0 Å². The molecule has 3 rings (SSSR count). The van der Waals surface area contributed by atoms with E-state index in [0.29, 0.717) is 19.6 Å². The van der Waals surface area contributed by atoms with Gasteiger partial charge in [0.1, 0.15) is 6.54 Å². The lowest BCUT2D eigenvalue weighted by Crippen LogP contribution is -2.51. The summed E-state index contributed by atoms with van der Waals surface area (Å²) >= 11 is 7.31. The van der Waals surface area contributed by atoms with Crippen LogP contribution in [-0.4, -0.2) is 66.0 Å². The van der Waals surface area contributed by atoms with Crippen molar-refractivity contribution in [2.45, 2.75) is 0 Å². The first-order valence-corrected chi connectivity index (χ1v) is 8.70. The molecule has 0 aliphatic carbocycles. The number of benzene rings is 1. The Morgan fingerprint density at radius 2 is 1.95 bits per heavy atom. The molecule has 0 saturated carbocycles. The minimum absolute atomic E-state index is 0.0194. The molecule has 2 aliphatic rings. The molecule has 0 radical (unpaired) electrons. The summed E-state index contributed by atoms with van der Waals surface area (Å²) in [4.78, 5) is 29.5. The first-order chi connectivity index (χ1) is 10.6. The maximum Gasteiger partial charge on any atom is 0.282 e. The average Bonchev–Trinajstić information content (AvgIpc) is 2.92. The Morgan fingerprint density at radius 3 is 2.59 bits per heavy atom. The van der Waals surface area contributed by atoms with Gasteiger partial charge in [-0.15, -0.1) is 0 Å². The Morgan fingerprint density at radius 1 is 1.18 bits per heavy atom. The Bertz CT molecular complexity index is 576. The van der Waals surface area contributed by atoms with Crippen LogP contribution in [0.15, 0.2) is 24.3 Å². The van der Waals surface area contributed by atoms with Gasteiger partial charge in [-0.25, -0.2) is 0 Å². The summed E-state index contributed by atoms with van der Waals surface area (Å²) < 4.78 is 0. The molecule has 2 fully saturated rings. The Hall–Kier alpha value is -1.40. The third kappa shape index (κ3) is 3.50. The average molecular weight is 340 g/mol. The number of anilines is 1. The van der Waals surface area contributed by atoms with Gasteiger partial charge in [-0.2, -0.15) is 0 Å². The predicted octanol–water partition coefficient (Wildman–Crippen LogP) is 2.16. The van der Waals surface area contributed by atoms with Gasteiger partial charge in [-0.05, 0) is 18.2 Å². The van der Waals surface area contributed by atoms with Crippen LogP contribution in [0.4, 0.5) is 10.5 Å². The fraction of sp³-hybridized carbons (Fsp3) is 0.467. The van der Waals surface area contributed by atoms with Crippen molar-refractivity contribution in [2.75, 3.05) is 49.9 Å². The number of piperazine rings is 1. The van der Waals surface area contributed by atoms with Gasteiger partial charge in [0.05, 0.1) is 0 Å². The molecule has 0 bridgehead atoms. The van der Waals surface area contributed by atoms with Crippen molar-refractivity contribution in [1.82, 2.24) is 9.80 Å². The molecule has 2 heterocycles. The summed E-state index contributed by atoms with van der Waals surface area (Å²) in [6, 6.07) is 7.77. The van der Waals surface area contributed by atoms with Gasteiger partial charge in [0.2, 0.25) is 5.91 Å². The molecule has 0 spiro atoms. The highest BCUT2D eigenvalue weighted by molar-refractivity contribution is 8.13. The maximum atomic E-state index is 12.3. The maximum absolute atomic E-state index is 12.3. The lowest BCUT2D eigenvalue weighted by Gasteiger charge is -2.36. The number of hydrogen-bond acceptors (Lipinski definition) is 4. The number of hydrogen-bond donors (Lipinski definition) is 0. The zero-order valence-electron chi connectivity index (χ0n) is 12.2. The van der Waals surface area contributed by atoms with Crippen molar-refractivity contribution in [1.29, 1.82) is 0 Å². The molecular formula is C15H18ClN3O2S. The lowest BCUT2D eigenvalue weighted by atomic mass is 10.2. The number of rotatable bonds is 3. The van der Waals surface area contributed by atoms with Gasteiger partial charge in [0.15, 0.2) is 0 Å². The van der Waals surface area contributed by atoms with Crippen molar-refractivity contribution in [3.05, 3.63) is 29.3 Å². The van der Waals surface area contributed by atoms with Crippen LogP contribution in [0.1, 0.15) is 0 Å². The molecule has 7 heteroatoms. The fourth-order valence-electron chi connectivity index (χ4n) is 2.72. The van der Waals surface area contributed by atoms with Crippen LogP contribution in [0.2, 0.25) is 5.02 Å². The smallest absolute Gasteiger partial charge is 0.282 e. The van der Waals surface area contributed by atoms with Gasteiger partial charge in [-0.1, -0.05) is 29.4 Å². The zero-order valence-corrected chi connectivity index (χ0v) is 13.8. The fourth-order valence-corrected chi connectivity index (χ4v) is 3.73. The van der Waals surface area contributed by atoms with E-state index in [2.05, 4.69) is 4.90 Å². The van der Waals surface area contributed by atoms with Crippen LogP contribution >= 0.6 is 23.4 Å². The summed E-state index contributed by atoms with van der Waals surface area (Å²) in [6.07, 6.45) is 0. The molecule has 2 aliphatic heterocycles. The summed E-state index contributed by atoms with van der Waals surface area (Å²) in [5, 5.41) is 0.743. The third-order valence-electron chi connectivity index (χ3n) is 3.98. The molecule has 0 aromatic heterocycles. The molecule has 2 amide bonds. The van der Waals surface area contributed by atoms with E-state index in [9.17, 15) is 9.59 Å². The van der Waals surface area contributed by atoms with E-state index in [1.807, 2.05) is 29.2 Å². The highest BCUT2D eigenvalue weighted by atomic mass is 35.5. The van der Waals surface area contributed by atoms with Gasteiger partial charge < -0.3 is 14.7 Å². The Labute approximate surface area is 139 Å². The number of thioether (sulfide) groups is 1. The molecule has 22 heavy (non-hydrogen) atoms. The number of carbonyl (C=O) groups excluding carboxylic acids is 2. The summed E-state index contributed by atoms with van der Waals surface area (Å²) in [5.74, 6) is 0.830. The molecule has 0 N–H and O–H groups in total. The molecule has 0 atom stereocenters. The minimum Gasteiger partial charge on any atom is -0.368 e. The van der Waals surface area contributed by atoms with Crippen LogP contribution in [0, 0.1) is 0 Å². The second kappa shape index (κ2) is 6.79. The highest BCUT2D eigenvalue weighted by Gasteiger charge is 2.27. The predicted molar refractivity (Wildman–Crippen MR) is 89.7 cm³/mol. The quantitative estimate of drug-likeness (QED) is 0.846. The van der Waals surface area contributed by atoms with E-state index in [1.165, 1.54) is 11.8 Å². The minimum atomic E-state index is 0.0194. The summed E-state index contributed by atoms with van der Waals surface area (Å²) in [5.41, 5.74) is 1.09. The van der Waals surface area contributed by atoms with Crippen molar-refractivity contribution in [3.8, 4) is 0 Å². The Balaban J connectivity index is 1.53. The number of nitrogens with zero attached hydrogens (tertiary/aromatic N) is 3. The van der Waals surface area contributed by atoms with Gasteiger partial charge in [0.25, 0.3) is 5.24 Å². The molecule has 1 aromatic carbocycles. The van der Waals surface area contributed by atoms with Crippen LogP contribution in [-0.2, 0) is 4.79 Å². The SMILES string of the molecule is O=C(CN1CCSC1=O)N1CCN(c2cccc(Cl)c2)CC1. The topological polar surface area (TPSA) is 43.9 Å². The van der Waals surface area contributed by atoms with E-state index < -0.39 is 0 Å². The zero-order chi connectivity index (χ0) is 15.5. The molecule has 2 saturated heterocycles. The van der Waals surface area contributed by atoms with Gasteiger partial charge in [-0.3, -0.25) is 9.59 Å². The first kappa shape index (κ1) is 15.5. The van der Waals surface area contributed by atoms with Crippen molar-refractivity contribution >= 4 is 40.2 Å². The molecule has 0 unspecified atom stereocenters. The van der Waals surface area contributed by atoms with E-state index >= 15 is 0 Å². The van der Waals surface area contributed by atoms with Gasteiger partial charge >= 0.3 is 0 Å². The van der Waals surface area contributed by atoms with Gasteiger partial charge in [0, 0.05) is 49.2 Å². The van der Waals surface area contributed by atoms with E-state index in [-0.39, 0.29) is 17.7 Å². The second-order valence-electron chi connectivity index (χ2n) is 5.38. The second-order valence-corrected chi connectivity index (χ2v) is 6.87. The van der Waals surface area contributed by atoms with Crippen molar-refractivity contribution in [3.63, 3.8) is 0 Å². The van der Waals surface area contributed by atoms with E-state index in [4.69, 9.17) is 11.6 Å². The monoisotopic (exact) mass is 339 g/mol. The summed E-state index contributed by atoms with van der Waals surface area (Å²) in [6.45, 7) is 3.82. The van der Waals surface area contributed by atoms with Crippen LogP contribution in [0.5, 0.6) is 0 Å². The molecular weight excluding hydrogens is 322 g/mol. The number of amides is 2. The largest absolute Gasteiger partial charge is 0.368 e. The molecule has 118 valence electrons. The van der Waals surface area contributed by atoms with Crippen LogP contribution < -0.4 is 4.90 Å².